The molecule has 1 amide bonds. The van der Waals surface area contributed by atoms with Gasteiger partial charge in [-0.1, -0.05) is 28.1 Å². The van der Waals surface area contributed by atoms with Crippen LogP contribution in [-0.2, 0) is 11.3 Å². The van der Waals surface area contributed by atoms with Gasteiger partial charge in [0.15, 0.2) is 0 Å². The molecule has 1 saturated heterocycles. The number of amides is 1. The van der Waals surface area contributed by atoms with Crippen molar-refractivity contribution in [3.8, 4) is 0 Å². The van der Waals surface area contributed by atoms with E-state index in [4.69, 9.17) is 0 Å². The summed E-state index contributed by atoms with van der Waals surface area (Å²) in [6.45, 7) is 7.10. The van der Waals surface area contributed by atoms with E-state index in [-0.39, 0.29) is 5.91 Å². The zero-order valence-corrected chi connectivity index (χ0v) is 13.2. The average molecular weight is 325 g/mol. The molecule has 2 rings (SSSR count). The smallest absolute Gasteiger partial charge is 0.240 e. The molecule has 104 valence electrons. The van der Waals surface area contributed by atoms with E-state index < -0.39 is 4.32 Å². The Balaban J connectivity index is 1.92. The zero-order valence-electron chi connectivity index (χ0n) is 11.6. The van der Waals surface area contributed by atoms with Crippen molar-refractivity contribution in [1.29, 1.82) is 0 Å². The molecule has 1 N–H and O–H groups in total. The fraction of sp³-hybridized carbons (Fsp3) is 0.533. The van der Waals surface area contributed by atoms with Crippen LogP contribution in [0.15, 0.2) is 24.3 Å². The minimum absolute atomic E-state index is 0.0280. The third kappa shape index (κ3) is 4.32. The third-order valence-corrected chi connectivity index (χ3v) is 3.72. The molecular weight excluding hydrogens is 304 g/mol. The standard InChI is InChI=1S/C15H21BrN2O/c1-15(2,16)14(19)17-13-7-5-12(6-8-13)11-18-9-3-4-10-18/h5-8H,3-4,9-11H2,1-2H3,(H,17,19). The number of nitrogens with one attached hydrogen (secondary N) is 1. The van der Waals surface area contributed by atoms with Gasteiger partial charge < -0.3 is 5.32 Å². The molecule has 1 aliphatic heterocycles. The minimum atomic E-state index is -0.540. The highest BCUT2D eigenvalue weighted by molar-refractivity contribution is 9.10. The van der Waals surface area contributed by atoms with Gasteiger partial charge in [0.2, 0.25) is 5.91 Å². The lowest BCUT2D eigenvalue weighted by atomic mass is 10.1. The van der Waals surface area contributed by atoms with Crippen molar-refractivity contribution in [3.63, 3.8) is 0 Å². The summed E-state index contributed by atoms with van der Waals surface area (Å²) in [7, 11) is 0. The van der Waals surface area contributed by atoms with Gasteiger partial charge in [-0.25, -0.2) is 0 Å². The Labute approximate surface area is 123 Å². The summed E-state index contributed by atoms with van der Waals surface area (Å²) >= 11 is 3.36. The maximum absolute atomic E-state index is 11.8. The molecule has 0 aliphatic carbocycles. The van der Waals surface area contributed by atoms with Crippen LogP contribution in [0.25, 0.3) is 0 Å². The van der Waals surface area contributed by atoms with Crippen LogP contribution in [0.5, 0.6) is 0 Å². The molecule has 0 bridgehead atoms. The predicted molar refractivity (Wildman–Crippen MR) is 82.6 cm³/mol. The predicted octanol–water partition coefficient (Wildman–Crippen LogP) is 3.39. The SMILES string of the molecule is CC(C)(Br)C(=O)Nc1ccc(CN2CCCC2)cc1. The molecule has 0 radical (unpaired) electrons. The van der Waals surface area contributed by atoms with Gasteiger partial charge in [-0.2, -0.15) is 0 Å². The maximum Gasteiger partial charge on any atom is 0.240 e. The number of halogens is 1. The van der Waals surface area contributed by atoms with Gasteiger partial charge >= 0.3 is 0 Å². The molecule has 1 aromatic carbocycles. The molecule has 1 heterocycles. The summed E-state index contributed by atoms with van der Waals surface area (Å²) in [4.78, 5) is 14.3. The number of alkyl halides is 1. The molecule has 0 atom stereocenters. The zero-order chi connectivity index (χ0) is 13.9. The van der Waals surface area contributed by atoms with Gasteiger partial charge in [0.1, 0.15) is 0 Å². The first-order valence-corrected chi connectivity index (χ1v) is 7.56. The van der Waals surface area contributed by atoms with Gasteiger partial charge in [-0.05, 0) is 57.5 Å². The number of hydrogen-bond donors (Lipinski definition) is 1. The molecular formula is C15H21BrN2O. The van der Waals surface area contributed by atoms with Crippen LogP contribution in [0, 0.1) is 0 Å². The molecule has 0 spiro atoms. The molecule has 1 fully saturated rings. The number of benzene rings is 1. The Kier molecular flexibility index (Phi) is 4.63. The molecule has 3 nitrogen and oxygen atoms in total. The van der Waals surface area contributed by atoms with Crippen molar-refractivity contribution in [3.05, 3.63) is 29.8 Å². The third-order valence-electron chi connectivity index (χ3n) is 3.36. The summed E-state index contributed by atoms with van der Waals surface area (Å²) in [6, 6.07) is 8.13. The second-order valence-corrected chi connectivity index (χ2v) is 7.59. The summed E-state index contributed by atoms with van der Waals surface area (Å²) in [5.41, 5.74) is 2.15. The van der Waals surface area contributed by atoms with Crippen LogP contribution in [-0.4, -0.2) is 28.2 Å². The molecule has 1 aliphatic rings. The average Bonchev–Trinajstić information content (AvgIpc) is 2.83. The van der Waals surface area contributed by atoms with E-state index in [1.165, 1.54) is 31.5 Å². The van der Waals surface area contributed by atoms with Gasteiger partial charge in [0, 0.05) is 12.2 Å². The highest BCUT2D eigenvalue weighted by Crippen LogP contribution is 2.20. The normalized spacial score (nSPS) is 16.6. The first-order valence-electron chi connectivity index (χ1n) is 6.77. The summed E-state index contributed by atoms with van der Waals surface area (Å²) in [5, 5.41) is 2.90. The van der Waals surface area contributed by atoms with Crippen LogP contribution in [0.2, 0.25) is 0 Å². The largest absolute Gasteiger partial charge is 0.325 e. The van der Waals surface area contributed by atoms with Crippen molar-refractivity contribution in [2.75, 3.05) is 18.4 Å². The number of carbonyl (C=O) groups is 1. The molecule has 19 heavy (non-hydrogen) atoms. The summed E-state index contributed by atoms with van der Waals surface area (Å²) < 4.78 is -0.540. The molecule has 4 heteroatoms. The topological polar surface area (TPSA) is 32.3 Å². The maximum atomic E-state index is 11.8. The second-order valence-electron chi connectivity index (χ2n) is 5.61. The Hall–Kier alpha value is -0.870. The van der Waals surface area contributed by atoms with E-state index in [9.17, 15) is 4.79 Å². The number of likely N-dealkylation sites (tertiary alicyclic amines) is 1. The van der Waals surface area contributed by atoms with E-state index in [1.54, 1.807) is 0 Å². The Morgan fingerprint density at radius 1 is 1.26 bits per heavy atom. The van der Waals surface area contributed by atoms with E-state index in [0.717, 1.165) is 12.2 Å². The van der Waals surface area contributed by atoms with E-state index in [0.29, 0.717) is 0 Å². The monoisotopic (exact) mass is 324 g/mol. The van der Waals surface area contributed by atoms with Crippen LogP contribution in [0.1, 0.15) is 32.3 Å². The van der Waals surface area contributed by atoms with Crippen LogP contribution in [0.4, 0.5) is 5.69 Å². The Morgan fingerprint density at radius 2 is 1.84 bits per heavy atom. The number of anilines is 1. The van der Waals surface area contributed by atoms with Crippen LogP contribution < -0.4 is 5.32 Å². The van der Waals surface area contributed by atoms with E-state index in [1.807, 2.05) is 26.0 Å². The van der Waals surface area contributed by atoms with Gasteiger partial charge in [0.25, 0.3) is 0 Å². The van der Waals surface area contributed by atoms with Gasteiger partial charge in [-0.15, -0.1) is 0 Å². The van der Waals surface area contributed by atoms with Crippen molar-refractivity contribution in [2.45, 2.75) is 37.6 Å². The van der Waals surface area contributed by atoms with Crippen LogP contribution in [0.3, 0.4) is 0 Å². The second kappa shape index (κ2) is 6.06. The molecule has 0 saturated carbocycles. The number of hydrogen-bond acceptors (Lipinski definition) is 2. The molecule has 0 aromatic heterocycles. The first kappa shape index (κ1) is 14.5. The van der Waals surface area contributed by atoms with Crippen molar-refractivity contribution in [1.82, 2.24) is 4.90 Å². The Bertz CT molecular complexity index is 430. The van der Waals surface area contributed by atoms with Crippen LogP contribution >= 0.6 is 15.9 Å². The molecule has 0 unspecified atom stereocenters. The first-order chi connectivity index (χ1) is 8.95. The number of nitrogens with zero attached hydrogens (tertiary/aromatic N) is 1. The van der Waals surface area contributed by atoms with E-state index in [2.05, 4.69) is 38.3 Å². The lowest BCUT2D eigenvalue weighted by molar-refractivity contribution is -0.117. The van der Waals surface area contributed by atoms with Crippen molar-refractivity contribution < 1.29 is 4.79 Å². The number of rotatable bonds is 4. The molecule has 1 aromatic rings. The fourth-order valence-electron chi connectivity index (χ4n) is 2.17. The van der Waals surface area contributed by atoms with Gasteiger partial charge in [-0.3, -0.25) is 9.69 Å². The van der Waals surface area contributed by atoms with E-state index >= 15 is 0 Å². The summed E-state index contributed by atoms with van der Waals surface area (Å²) in [5.74, 6) is -0.0280. The minimum Gasteiger partial charge on any atom is -0.325 e. The quantitative estimate of drug-likeness (QED) is 0.861. The fourth-order valence-corrected chi connectivity index (χ4v) is 2.27. The van der Waals surface area contributed by atoms with Gasteiger partial charge in [0.05, 0.1) is 4.32 Å². The lowest BCUT2D eigenvalue weighted by Gasteiger charge is -2.17. The van der Waals surface area contributed by atoms with Crippen molar-refractivity contribution >= 4 is 27.5 Å². The highest BCUT2D eigenvalue weighted by Gasteiger charge is 2.23. The number of carbonyl (C=O) groups excluding carboxylic acids is 1. The lowest BCUT2D eigenvalue weighted by Crippen LogP contribution is -2.30. The highest BCUT2D eigenvalue weighted by atomic mass is 79.9. The Morgan fingerprint density at radius 3 is 2.37 bits per heavy atom. The van der Waals surface area contributed by atoms with Crippen molar-refractivity contribution in [2.24, 2.45) is 0 Å². The summed E-state index contributed by atoms with van der Waals surface area (Å²) in [6.07, 6.45) is 2.63.